The quantitative estimate of drug-likeness (QED) is 0.334. The van der Waals surface area contributed by atoms with Gasteiger partial charge in [0.1, 0.15) is 22.9 Å². The van der Waals surface area contributed by atoms with Gasteiger partial charge in [0.25, 0.3) is 5.89 Å². The summed E-state index contributed by atoms with van der Waals surface area (Å²) in [7, 11) is 0. The Morgan fingerprint density at radius 1 is 1.00 bits per heavy atom. The van der Waals surface area contributed by atoms with E-state index in [0.717, 1.165) is 0 Å². The lowest BCUT2D eigenvalue weighted by molar-refractivity contribution is 0.106. The van der Waals surface area contributed by atoms with Crippen molar-refractivity contribution in [3.05, 3.63) is 66.7 Å². The van der Waals surface area contributed by atoms with E-state index in [1.807, 2.05) is 6.07 Å². The average molecular weight is 506 g/mol. The number of aromatic nitrogens is 6. The minimum absolute atomic E-state index is 0. The summed E-state index contributed by atoms with van der Waals surface area (Å²) in [5.74, 6) is -1.16. The van der Waals surface area contributed by atoms with Crippen LogP contribution in [-0.4, -0.2) is 29.7 Å². The summed E-state index contributed by atoms with van der Waals surface area (Å²) in [6.45, 7) is 0. The molecule has 13 heteroatoms. The molecule has 0 radical (unpaired) electrons. The van der Waals surface area contributed by atoms with Crippen LogP contribution in [0.5, 0.6) is 0 Å². The number of benzene rings is 1. The molecular formula is C19H14Cl3F3N6O. The van der Waals surface area contributed by atoms with E-state index in [1.165, 1.54) is 12.3 Å². The number of aromatic amines is 1. The molecule has 0 aliphatic rings. The first-order chi connectivity index (χ1) is 14.1. The normalized spacial score (nSPS) is 10.5. The molecule has 168 valence electrons. The predicted molar refractivity (Wildman–Crippen MR) is 118 cm³/mol. The Balaban J connectivity index is 0.00000121. The lowest BCUT2D eigenvalue weighted by Crippen LogP contribution is -1.93. The number of alkyl halides is 2. The second-order valence-electron chi connectivity index (χ2n) is 6.17. The number of nitrogens with one attached hydrogen (secondary N) is 1. The molecule has 0 amide bonds. The number of hydrogen-bond acceptors (Lipinski definition) is 5. The van der Waals surface area contributed by atoms with Crippen LogP contribution >= 0.6 is 37.2 Å². The van der Waals surface area contributed by atoms with Gasteiger partial charge in [-0.15, -0.1) is 37.2 Å². The van der Waals surface area contributed by atoms with Gasteiger partial charge in [0.15, 0.2) is 0 Å². The van der Waals surface area contributed by atoms with Crippen LogP contribution in [0.4, 0.5) is 13.2 Å². The third-order valence-electron chi connectivity index (χ3n) is 4.44. The minimum Gasteiger partial charge on any atom is -0.333 e. The lowest BCUT2D eigenvalue weighted by Gasteiger charge is -2.06. The van der Waals surface area contributed by atoms with E-state index < -0.39 is 18.1 Å². The van der Waals surface area contributed by atoms with Gasteiger partial charge in [-0.25, -0.2) is 9.37 Å². The third kappa shape index (κ3) is 4.29. The average Bonchev–Trinajstić information content (AvgIpc) is 3.46. The van der Waals surface area contributed by atoms with Crippen molar-refractivity contribution in [2.75, 3.05) is 0 Å². The Labute approximate surface area is 197 Å². The molecule has 0 aliphatic carbocycles. The van der Waals surface area contributed by atoms with Crippen molar-refractivity contribution in [2.45, 2.75) is 6.43 Å². The van der Waals surface area contributed by atoms with Gasteiger partial charge in [0, 0.05) is 29.1 Å². The van der Waals surface area contributed by atoms with E-state index in [9.17, 15) is 13.2 Å². The second kappa shape index (κ2) is 10.0. The highest BCUT2D eigenvalue weighted by Crippen LogP contribution is 2.32. The molecule has 1 aromatic carbocycles. The Morgan fingerprint density at radius 2 is 1.78 bits per heavy atom. The largest absolute Gasteiger partial charge is 0.333 e. The van der Waals surface area contributed by atoms with E-state index in [0.29, 0.717) is 33.7 Å². The number of nitrogens with zero attached hydrogens (tertiary/aromatic N) is 5. The van der Waals surface area contributed by atoms with Crippen LogP contribution in [0.1, 0.15) is 12.3 Å². The predicted octanol–water partition coefficient (Wildman–Crippen LogP) is 5.78. The molecule has 0 spiro atoms. The van der Waals surface area contributed by atoms with Gasteiger partial charge in [-0.3, -0.25) is 9.50 Å². The van der Waals surface area contributed by atoms with Crippen molar-refractivity contribution in [2.24, 2.45) is 0 Å². The zero-order valence-corrected chi connectivity index (χ0v) is 18.2. The monoisotopic (exact) mass is 504 g/mol. The van der Waals surface area contributed by atoms with Crippen molar-refractivity contribution < 1.29 is 17.7 Å². The number of rotatable bonds is 4. The number of imidazole rings is 1. The number of pyridine rings is 1. The maximum atomic E-state index is 14.2. The zero-order valence-electron chi connectivity index (χ0n) is 15.8. The molecule has 5 rings (SSSR count). The molecule has 7 nitrogen and oxygen atoms in total. The highest BCUT2D eigenvalue weighted by molar-refractivity contribution is 5.86. The van der Waals surface area contributed by atoms with Gasteiger partial charge in [-0.05, 0) is 24.3 Å². The Morgan fingerprint density at radius 3 is 2.50 bits per heavy atom. The van der Waals surface area contributed by atoms with Gasteiger partial charge in [-0.2, -0.15) is 18.9 Å². The Bertz CT molecular complexity index is 1340. The second-order valence-corrected chi connectivity index (χ2v) is 6.17. The molecule has 0 atom stereocenters. The molecule has 0 aliphatic heterocycles. The van der Waals surface area contributed by atoms with Crippen molar-refractivity contribution in [3.8, 4) is 33.9 Å². The zero-order chi connectivity index (χ0) is 20.0. The highest BCUT2D eigenvalue weighted by atomic mass is 35.5. The highest BCUT2D eigenvalue weighted by Gasteiger charge is 2.20. The van der Waals surface area contributed by atoms with Gasteiger partial charge in [0.2, 0.25) is 5.82 Å². The topological polar surface area (TPSA) is 84.9 Å². The standard InChI is InChI=1S/C19H11F3N6O.3ClH/c20-13-4-2-1-3-11(13)16-12(7-24-26-16)10-5-6-15-23-8-14(28(15)9-10)18-25-19(17(21)22)29-27-18;;;/h1-9,17H,(H,24,26);3*1H. The molecule has 4 heterocycles. The van der Waals surface area contributed by atoms with Crippen molar-refractivity contribution in [3.63, 3.8) is 0 Å². The maximum Gasteiger partial charge on any atom is 0.315 e. The van der Waals surface area contributed by atoms with Crippen molar-refractivity contribution in [1.29, 1.82) is 0 Å². The summed E-state index contributed by atoms with van der Waals surface area (Å²) < 4.78 is 46.0. The van der Waals surface area contributed by atoms with E-state index >= 15 is 0 Å². The molecule has 1 N–H and O–H groups in total. The molecule has 0 bridgehead atoms. The van der Waals surface area contributed by atoms with Crippen LogP contribution in [-0.2, 0) is 0 Å². The summed E-state index contributed by atoms with van der Waals surface area (Å²) in [5, 5.41) is 10.5. The molecule has 0 saturated heterocycles. The number of halogens is 6. The molecule has 32 heavy (non-hydrogen) atoms. The molecule has 0 saturated carbocycles. The minimum atomic E-state index is -2.86. The van der Waals surface area contributed by atoms with Crippen LogP contribution < -0.4 is 0 Å². The van der Waals surface area contributed by atoms with Gasteiger partial charge >= 0.3 is 6.43 Å². The molecule has 4 aromatic heterocycles. The lowest BCUT2D eigenvalue weighted by atomic mass is 10.0. The molecule has 5 aromatic rings. The maximum absolute atomic E-state index is 14.2. The summed E-state index contributed by atoms with van der Waals surface area (Å²) in [6, 6.07) is 9.88. The Hall–Kier alpha value is -3.08. The smallest absolute Gasteiger partial charge is 0.315 e. The summed E-state index contributed by atoms with van der Waals surface area (Å²) >= 11 is 0. The first kappa shape index (κ1) is 25.2. The summed E-state index contributed by atoms with van der Waals surface area (Å²) in [5.41, 5.74) is 3.12. The van der Waals surface area contributed by atoms with Crippen LogP contribution in [0.2, 0.25) is 0 Å². The SMILES string of the molecule is Cl.Cl.Cl.Fc1ccccc1-c1n[nH]cc1-c1ccc2ncc(-c3noc(C(F)F)n3)n2c1. The molecule has 0 fully saturated rings. The molecule has 0 unspecified atom stereocenters. The van der Waals surface area contributed by atoms with Crippen LogP contribution in [0, 0.1) is 5.82 Å². The van der Waals surface area contributed by atoms with Crippen LogP contribution in [0.3, 0.4) is 0 Å². The van der Waals surface area contributed by atoms with E-state index in [2.05, 4.69) is 29.8 Å². The fourth-order valence-electron chi connectivity index (χ4n) is 3.10. The summed E-state index contributed by atoms with van der Waals surface area (Å²) in [6.07, 6.45) is 1.99. The fraction of sp³-hybridized carbons (Fsp3) is 0.0526. The number of hydrogen-bond donors (Lipinski definition) is 1. The van der Waals surface area contributed by atoms with Gasteiger partial charge in [-0.1, -0.05) is 17.3 Å². The Kier molecular flexibility index (Phi) is 7.89. The van der Waals surface area contributed by atoms with Crippen molar-refractivity contribution >= 4 is 42.9 Å². The number of fused-ring (bicyclic) bond motifs is 1. The van der Waals surface area contributed by atoms with E-state index in [1.54, 1.807) is 41.1 Å². The van der Waals surface area contributed by atoms with Gasteiger partial charge < -0.3 is 4.52 Å². The fourth-order valence-corrected chi connectivity index (χ4v) is 3.10. The van der Waals surface area contributed by atoms with Crippen LogP contribution in [0.25, 0.3) is 39.5 Å². The number of H-pyrrole nitrogens is 1. The summed E-state index contributed by atoms with van der Waals surface area (Å²) in [4.78, 5) is 7.95. The van der Waals surface area contributed by atoms with E-state index in [4.69, 9.17) is 0 Å². The van der Waals surface area contributed by atoms with E-state index in [-0.39, 0.29) is 43.0 Å². The van der Waals surface area contributed by atoms with Crippen LogP contribution in [0.15, 0.2) is 59.5 Å². The van der Waals surface area contributed by atoms with Gasteiger partial charge in [0.05, 0.1) is 6.20 Å². The third-order valence-corrected chi connectivity index (χ3v) is 4.44. The first-order valence-electron chi connectivity index (χ1n) is 8.50. The van der Waals surface area contributed by atoms with Crippen molar-refractivity contribution in [1.82, 2.24) is 29.7 Å². The molecular weight excluding hydrogens is 492 g/mol. The first-order valence-corrected chi connectivity index (χ1v) is 8.50.